The normalized spacial score (nSPS) is 18.5. The molecule has 1 N–H and O–H groups in total. The predicted octanol–water partition coefficient (Wildman–Crippen LogP) is 3.69. The van der Waals surface area contributed by atoms with Crippen molar-refractivity contribution in [2.45, 2.75) is 23.7 Å². The Morgan fingerprint density at radius 3 is 2.81 bits per heavy atom. The lowest BCUT2D eigenvalue weighted by Crippen LogP contribution is -2.39. The van der Waals surface area contributed by atoms with Crippen molar-refractivity contribution in [2.24, 2.45) is 0 Å². The van der Waals surface area contributed by atoms with Crippen LogP contribution in [0.1, 0.15) is 24.5 Å². The number of hydrogen-bond acceptors (Lipinski definition) is 4. The molecule has 0 spiro atoms. The van der Waals surface area contributed by atoms with Gasteiger partial charge in [-0.25, -0.2) is 8.42 Å². The molecule has 27 heavy (non-hydrogen) atoms. The molecule has 1 aromatic carbocycles. The summed E-state index contributed by atoms with van der Waals surface area (Å²) >= 11 is 6.09. The largest absolute Gasteiger partial charge is 0.284 e. The number of nitrogens with one attached hydrogen (secondary N) is 1. The van der Waals surface area contributed by atoms with E-state index in [1.807, 2.05) is 42.5 Å². The number of hydrogen-bond donors (Lipinski definition) is 1. The summed E-state index contributed by atoms with van der Waals surface area (Å²) in [5.74, 6) is 0.0551. The Morgan fingerprint density at radius 2 is 2.04 bits per heavy atom. The zero-order chi connectivity index (χ0) is 18.9. The summed E-state index contributed by atoms with van der Waals surface area (Å²) in [6.07, 6.45) is 4.46. The van der Waals surface area contributed by atoms with Gasteiger partial charge in [-0.3, -0.25) is 10.1 Å². The van der Waals surface area contributed by atoms with Gasteiger partial charge in [-0.1, -0.05) is 29.8 Å². The van der Waals surface area contributed by atoms with Gasteiger partial charge in [0.1, 0.15) is 4.90 Å². The molecule has 0 aliphatic carbocycles. The highest BCUT2D eigenvalue weighted by atomic mass is 35.5. The van der Waals surface area contributed by atoms with Crippen molar-refractivity contribution in [3.8, 4) is 11.3 Å². The Hall–Kier alpha value is -2.22. The molecule has 0 unspecified atom stereocenters. The van der Waals surface area contributed by atoms with Crippen LogP contribution in [0.2, 0.25) is 5.02 Å². The Balaban J connectivity index is 1.60. The highest BCUT2D eigenvalue weighted by Crippen LogP contribution is 2.30. The molecular weight excluding hydrogens is 384 g/mol. The minimum Gasteiger partial charge on any atom is -0.284 e. The van der Waals surface area contributed by atoms with Crippen LogP contribution >= 0.6 is 11.6 Å². The Labute approximate surface area is 163 Å². The number of piperidine rings is 1. The van der Waals surface area contributed by atoms with Gasteiger partial charge in [-0.2, -0.15) is 9.40 Å². The van der Waals surface area contributed by atoms with E-state index in [-0.39, 0.29) is 10.8 Å². The van der Waals surface area contributed by atoms with Crippen LogP contribution in [-0.4, -0.2) is 41.0 Å². The number of H-pyrrole nitrogens is 1. The van der Waals surface area contributed by atoms with Gasteiger partial charge in [0.25, 0.3) is 0 Å². The molecule has 1 fully saturated rings. The molecule has 6 nitrogen and oxygen atoms in total. The molecule has 0 radical (unpaired) electrons. The molecule has 1 aliphatic rings. The quantitative estimate of drug-likeness (QED) is 0.721. The van der Waals surface area contributed by atoms with Crippen LogP contribution in [0, 0.1) is 0 Å². The Kier molecular flexibility index (Phi) is 4.99. The van der Waals surface area contributed by atoms with E-state index in [2.05, 4.69) is 10.2 Å². The number of sulfonamides is 1. The number of halogens is 1. The third-order valence-electron chi connectivity index (χ3n) is 4.80. The van der Waals surface area contributed by atoms with E-state index in [0.29, 0.717) is 18.1 Å². The first-order valence-corrected chi connectivity index (χ1v) is 10.6. The van der Waals surface area contributed by atoms with Crippen LogP contribution in [0.25, 0.3) is 11.3 Å². The first kappa shape index (κ1) is 18.2. The van der Waals surface area contributed by atoms with Crippen LogP contribution < -0.4 is 0 Å². The van der Waals surface area contributed by atoms with Crippen molar-refractivity contribution in [3.63, 3.8) is 0 Å². The minimum absolute atomic E-state index is 0.0551. The number of pyridine rings is 1. The molecule has 3 aromatic rings. The van der Waals surface area contributed by atoms with Crippen molar-refractivity contribution in [3.05, 3.63) is 65.6 Å². The van der Waals surface area contributed by atoms with Gasteiger partial charge in [0.2, 0.25) is 10.0 Å². The first-order valence-electron chi connectivity index (χ1n) is 8.76. The number of aromatic nitrogens is 3. The zero-order valence-corrected chi connectivity index (χ0v) is 16.1. The lowest BCUT2D eigenvalue weighted by molar-refractivity contribution is 0.313. The van der Waals surface area contributed by atoms with Crippen LogP contribution in [0.15, 0.2) is 59.8 Å². The molecule has 8 heteroatoms. The number of nitrogens with zero attached hydrogens (tertiary/aromatic N) is 3. The summed E-state index contributed by atoms with van der Waals surface area (Å²) in [5, 5.41) is 6.99. The van der Waals surface area contributed by atoms with Gasteiger partial charge in [-0.05, 0) is 37.1 Å². The molecule has 2 aromatic heterocycles. The zero-order valence-electron chi connectivity index (χ0n) is 14.5. The monoisotopic (exact) mass is 402 g/mol. The Bertz CT molecular complexity index is 1040. The van der Waals surface area contributed by atoms with Crippen molar-refractivity contribution >= 4 is 21.6 Å². The standard InChI is InChI=1S/C19H19ClN4O2S/c20-16-6-1-4-14(10-16)18-7-2-8-19(23-18)15-5-3-9-24(13-15)27(25,26)17-11-21-22-12-17/h1-2,4,6-8,10-12,15H,3,5,9,13H2,(H,21,22)/t15-/m1/s1. The van der Waals surface area contributed by atoms with E-state index in [4.69, 9.17) is 16.6 Å². The van der Waals surface area contributed by atoms with E-state index in [1.165, 1.54) is 16.7 Å². The molecule has 1 saturated heterocycles. The minimum atomic E-state index is -3.53. The van der Waals surface area contributed by atoms with E-state index >= 15 is 0 Å². The van der Waals surface area contributed by atoms with Crippen molar-refractivity contribution < 1.29 is 8.42 Å². The van der Waals surface area contributed by atoms with E-state index in [0.717, 1.165) is 29.8 Å². The molecule has 0 amide bonds. The van der Waals surface area contributed by atoms with Crippen LogP contribution in [0.3, 0.4) is 0 Å². The average Bonchev–Trinajstić information content (AvgIpc) is 3.24. The van der Waals surface area contributed by atoms with Gasteiger partial charge in [-0.15, -0.1) is 0 Å². The number of rotatable bonds is 4. The van der Waals surface area contributed by atoms with Gasteiger partial charge < -0.3 is 0 Å². The maximum Gasteiger partial charge on any atom is 0.246 e. The van der Waals surface area contributed by atoms with E-state index in [9.17, 15) is 8.42 Å². The summed E-state index contributed by atoms with van der Waals surface area (Å²) in [5.41, 5.74) is 2.69. The molecular formula is C19H19ClN4O2S. The number of benzene rings is 1. The average molecular weight is 403 g/mol. The summed E-state index contributed by atoms with van der Waals surface area (Å²) in [6.45, 7) is 0.928. The van der Waals surface area contributed by atoms with Crippen LogP contribution in [-0.2, 0) is 10.0 Å². The van der Waals surface area contributed by atoms with E-state index in [1.54, 1.807) is 0 Å². The predicted molar refractivity (Wildman–Crippen MR) is 104 cm³/mol. The molecule has 140 valence electrons. The highest BCUT2D eigenvalue weighted by Gasteiger charge is 2.32. The summed E-state index contributed by atoms with van der Waals surface area (Å²) in [4.78, 5) is 4.99. The highest BCUT2D eigenvalue weighted by molar-refractivity contribution is 7.89. The van der Waals surface area contributed by atoms with Crippen molar-refractivity contribution in [1.29, 1.82) is 0 Å². The van der Waals surface area contributed by atoms with Gasteiger partial charge in [0.05, 0.1) is 11.9 Å². The lowest BCUT2D eigenvalue weighted by Gasteiger charge is -2.31. The fourth-order valence-corrected chi connectivity index (χ4v) is 5.04. The van der Waals surface area contributed by atoms with Gasteiger partial charge in [0, 0.05) is 41.5 Å². The summed E-state index contributed by atoms with van der Waals surface area (Å²) in [7, 11) is -3.53. The topological polar surface area (TPSA) is 79.0 Å². The summed E-state index contributed by atoms with van der Waals surface area (Å²) < 4.78 is 27.1. The molecule has 0 bridgehead atoms. The second-order valence-corrected chi connectivity index (χ2v) is 8.97. The second kappa shape index (κ2) is 7.42. The van der Waals surface area contributed by atoms with Crippen molar-refractivity contribution in [2.75, 3.05) is 13.1 Å². The molecule has 3 heterocycles. The third kappa shape index (κ3) is 3.76. The first-order chi connectivity index (χ1) is 13.0. The fourth-order valence-electron chi connectivity index (χ4n) is 3.42. The van der Waals surface area contributed by atoms with Crippen LogP contribution in [0.5, 0.6) is 0 Å². The number of aromatic amines is 1. The maximum absolute atomic E-state index is 12.8. The van der Waals surface area contributed by atoms with Crippen LogP contribution in [0.4, 0.5) is 0 Å². The Morgan fingerprint density at radius 1 is 1.19 bits per heavy atom. The van der Waals surface area contributed by atoms with Crippen molar-refractivity contribution in [1.82, 2.24) is 19.5 Å². The van der Waals surface area contributed by atoms with E-state index < -0.39 is 10.0 Å². The molecule has 4 rings (SSSR count). The fraction of sp³-hybridized carbons (Fsp3) is 0.263. The lowest BCUT2D eigenvalue weighted by atomic mass is 9.95. The summed E-state index contributed by atoms with van der Waals surface area (Å²) in [6, 6.07) is 13.4. The molecule has 0 saturated carbocycles. The van der Waals surface area contributed by atoms with Gasteiger partial charge >= 0.3 is 0 Å². The second-order valence-electron chi connectivity index (χ2n) is 6.59. The SMILES string of the molecule is O=S(=O)(c1cn[nH]c1)N1CCC[C@@H](c2cccc(-c3cccc(Cl)c3)n2)C1. The third-order valence-corrected chi connectivity index (χ3v) is 6.87. The maximum atomic E-state index is 12.8. The smallest absolute Gasteiger partial charge is 0.246 e. The van der Waals surface area contributed by atoms with Gasteiger partial charge in [0.15, 0.2) is 0 Å². The molecule has 1 aliphatic heterocycles. The molecule has 1 atom stereocenters.